The molecule has 0 aliphatic carbocycles. The fraction of sp³-hybridized carbons (Fsp3) is 0.278. The topological polar surface area (TPSA) is 38.8 Å². The van der Waals surface area contributed by atoms with Gasteiger partial charge in [-0.2, -0.15) is 0 Å². The van der Waals surface area contributed by atoms with Crippen LogP contribution in [0.3, 0.4) is 0 Å². The van der Waals surface area contributed by atoms with E-state index in [2.05, 4.69) is 0 Å². The molecule has 22 heavy (non-hydrogen) atoms. The number of hydrogen-bond acceptors (Lipinski definition) is 3. The minimum absolute atomic E-state index is 0.0128. The summed E-state index contributed by atoms with van der Waals surface area (Å²) in [5, 5.41) is 0. The normalized spacial score (nSPS) is 10.1. The maximum absolute atomic E-state index is 12.1. The molecule has 0 aliphatic heterocycles. The largest absolute Gasteiger partial charge is 0.494 e. The summed E-state index contributed by atoms with van der Waals surface area (Å²) >= 11 is 0. The van der Waals surface area contributed by atoms with Crippen LogP contribution in [-0.4, -0.2) is 31.1 Å². The molecule has 0 unspecified atom stereocenters. The summed E-state index contributed by atoms with van der Waals surface area (Å²) in [6, 6.07) is 17.2. The van der Waals surface area contributed by atoms with Crippen molar-refractivity contribution in [3.05, 3.63) is 60.2 Å². The molecule has 0 saturated carbocycles. The second kappa shape index (κ2) is 8.08. The highest BCUT2D eigenvalue weighted by Gasteiger charge is 2.10. The number of carbonyl (C=O) groups is 1. The summed E-state index contributed by atoms with van der Waals surface area (Å²) < 4.78 is 10.9. The van der Waals surface area contributed by atoms with Crippen LogP contribution in [0.5, 0.6) is 11.5 Å². The first kappa shape index (κ1) is 15.9. The van der Waals surface area contributed by atoms with Gasteiger partial charge < -0.3 is 14.4 Å². The number of benzene rings is 2. The van der Waals surface area contributed by atoms with Crippen molar-refractivity contribution < 1.29 is 14.3 Å². The van der Waals surface area contributed by atoms with Crippen LogP contribution >= 0.6 is 0 Å². The minimum atomic E-state index is -0.0642. The summed E-state index contributed by atoms with van der Waals surface area (Å²) in [5.41, 5.74) is 1.09. The molecule has 1 amide bonds. The number of carbonyl (C=O) groups excluding carboxylic acids is 1. The van der Waals surface area contributed by atoms with Crippen molar-refractivity contribution in [1.82, 2.24) is 4.90 Å². The predicted octanol–water partition coefficient (Wildman–Crippen LogP) is 3.12. The van der Waals surface area contributed by atoms with Crippen molar-refractivity contribution in [2.45, 2.75) is 13.5 Å². The van der Waals surface area contributed by atoms with Gasteiger partial charge >= 0.3 is 0 Å². The van der Waals surface area contributed by atoms with Gasteiger partial charge in [0.15, 0.2) is 6.61 Å². The zero-order chi connectivity index (χ0) is 15.8. The molecule has 0 saturated heterocycles. The van der Waals surface area contributed by atoms with Gasteiger partial charge in [0.1, 0.15) is 11.5 Å². The van der Waals surface area contributed by atoms with Crippen molar-refractivity contribution in [1.29, 1.82) is 0 Å². The Morgan fingerprint density at radius 1 is 1.00 bits per heavy atom. The van der Waals surface area contributed by atoms with E-state index in [1.807, 2.05) is 55.5 Å². The van der Waals surface area contributed by atoms with Crippen LogP contribution in [0.2, 0.25) is 0 Å². The predicted molar refractivity (Wildman–Crippen MR) is 86.0 cm³/mol. The van der Waals surface area contributed by atoms with Crippen molar-refractivity contribution in [3.63, 3.8) is 0 Å². The third kappa shape index (κ3) is 4.81. The zero-order valence-corrected chi connectivity index (χ0v) is 13.0. The Labute approximate surface area is 131 Å². The summed E-state index contributed by atoms with van der Waals surface area (Å²) in [5.74, 6) is 1.31. The highest BCUT2D eigenvalue weighted by atomic mass is 16.5. The molecular formula is C18H21NO3. The van der Waals surface area contributed by atoms with Crippen LogP contribution in [0, 0.1) is 0 Å². The lowest BCUT2D eigenvalue weighted by Gasteiger charge is -2.17. The van der Waals surface area contributed by atoms with E-state index in [4.69, 9.17) is 9.47 Å². The van der Waals surface area contributed by atoms with Crippen molar-refractivity contribution >= 4 is 5.91 Å². The number of hydrogen-bond donors (Lipinski definition) is 0. The standard InChI is InChI=1S/C18H21NO3/c1-3-21-16-10-7-11-17(12-16)22-14-18(20)19(2)13-15-8-5-4-6-9-15/h4-12H,3,13-14H2,1-2H3. The molecule has 0 spiro atoms. The number of likely N-dealkylation sites (N-methyl/N-ethyl adjacent to an activating group) is 1. The molecule has 2 rings (SSSR count). The summed E-state index contributed by atoms with van der Waals surface area (Å²) in [6.45, 7) is 3.11. The van der Waals surface area contributed by atoms with Crippen molar-refractivity contribution in [3.8, 4) is 11.5 Å². The van der Waals surface area contributed by atoms with Crippen LogP contribution in [-0.2, 0) is 11.3 Å². The second-order valence-corrected chi connectivity index (χ2v) is 4.93. The van der Waals surface area contributed by atoms with E-state index in [0.717, 1.165) is 11.3 Å². The van der Waals surface area contributed by atoms with Gasteiger partial charge in [0.05, 0.1) is 6.61 Å². The number of nitrogens with zero attached hydrogens (tertiary/aromatic N) is 1. The molecule has 0 heterocycles. The van der Waals surface area contributed by atoms with Gasteiger partial charge in [0, 0.05) is 19.7 Å². The van der Waals surface area contributed by atoms with E-state index in [1.54, 1.807) is 18.0 Å². The van der Waals surface area contributed by atoms with Gasteiger partial charge in [0.25, 0.3) is 5.91 Å². The Morgan fingerprint density at radius 2 is 1.68 bits per heavy atom. The average molecular weight is 299 g/mol. The van der Waals surface area contributed by atoms with E-state index >= 15 is 0 Å². The van der Waals surface area contributed by atoms with Gasteiger partial charge in [-0.1, -0.05) is 36.4 Å². The van der Waals surface area contributed by atoms with Gasteiger partial charge in [-0.3, -0.25) is 4.79 Å². The Bertz CT molecular complexity index is 598. The van der Waals surface area contributed by atoms with Gasteiger partial charge in [0.2, 0.25) is 0 Å². The first-order valence-electron chi connectivity index (χ1n) is 7.32. The van der Waals surface area contributed by atoms with Crippen LogP contribution < -0.4 is 9.47 Å². The molecular weight excluding hydrogens is 278 g/mol. The zero-order valence-electron chi connectivity index (χ0n) is 13.0. The molecule has 0 atom stereocenters. The van der Waals surface area contributed by atoms with E-state index in [0.29, 0.717) is 18.9 Å². The summed E-state index contributed by atoms with van der Waals surface area (Å²) in [6.07, 6.45) is 0. The number of amides is 1. The van der Waals surface area contributed by atoms with E-state index in [-0.39, 0.29) is 12.5 Å². The quantitative estimate of drug-likeness (QED) is 0.788. The van der Waals surface area contributed by atoms with Gasteiger partial charge in [-0.05, 0) is 24.6 Å². The number of ether oxygens (including phenoxy) is 2. The van der Waals surface area contributed by atoms with Crippen LogP contribution in [0.25, 0.3) is 0 Å². The molecule has 0 bridgehead atoms. The lowest BCUT2D eigenvalue weighted by atomic mass is 10.2. The van der Waals surface area contributed by atoms with Crippen LogP contribution in [0.1, 0.15) is 12.5 Å². The molecule has 2 aromatic carbocycles. The molecule has 0 aliphatic rings. The maximum Gasteiger partial charge on any atom is 0.260 e. The van der Waals surface area contributed by atoms with E-state index in [9.17, 15) is 4.79 Å². The van der Waals surface area contributed by atoms with Crippen molar-refractivity contribution in [2.24, 2.45) is 0 Å². The van der Waals surface area contributed by atoms with E-state index in [1.165, 1.54) is 0 Å². The van der Waals surface area contributed by atoms with Crippen LogP contribution in [0.15, 0.2) is 54.6 Å². The first-order valence-corrected chi connectivity index (χ1v) is 7.32. The molecule has 116 valence electrons. The molecule has 0 N–H and O–H groups in total. The van der Waals surface area contributed by atoms with E-state index < -0.39 is 0 Å². The summed E-state index contributed by atoms with van der Waals surface area (Å²) in [7, 11) is 1.77. The van der Waals surface area contributed by atoms with Gasteiger partial charge in [-0.25, -0.2) is 0 Å². The molecule has 0 fully saturated rings. The van der Waals surface area contributed by atoms with Gasteiger partial charge in [-0.15, -0.1) is 0 Å². The third-order valence-electron chi connectivity index (χ3n) is 3.17. The lowest BCUT2D eigenvalue weighted by molar-refractivity contribution is -0.132. The second-order valence-electron chi connectivity index (χ2n) is 4.93. The SMILES string of the molecule is CCOc1cccc(OCC(=O)N(C)Cc2ccccc2)c1. The molecule has 0 aromatic heterocycles. The third-order valence-corrected chi connectivity index (χ3v) is 3.17. The molecule has 4 heteroatoms. The lowest BCUT2D eigenvalue weighted by Crippen LogP contribution is -2.30. The molecule has 0 radical (unpaired) electrons. The Hall–Kier alpha value is -2.49. The average Bonchev–Trinajstić information content (AvgIpc) is 2.54. The Morgan fingerprint density at radius 3 is 2.36 bits per heavy atom. The molecule has 4 nitrogen and oxygen atoms in total. The smallest absolute Gasteiger partial charge is 0.260 e. The highest BCUT2D eigenvalue weighted by Crippen LogP contribution is 2.19. The monoisotopic (exact) mass is 299 g/mol. The number of rotatable bonds is 7. The maximum atomic E-state index is 12.1. The first-order chi connectivity index (χ1) is 10.7. The van der Waals surface area contributed by atoms with Crippen LogP contribution in [0.4, 0.5) is 0 Å². The minimum Gasteiger partial charge on any atom is -0.494 e. The fourth-order valence-electron chi connectivity index (χ4n) is 2.02. The Balaban J connectivity index is 1.85. The fourth-order valence-corrected chi connectivity index (χ4v) is 2.02. The summed E-state index contributed by atoms with van der Waals surface area (Å²) in [4.78, 5) is 13.8. The van der Waals surface area contributed by atoms with Crippen molar-refractivity contribution in [2.75, 3.05) is 20.3 Å². The molecule has 2 aromatic rings. The Kier molecular flexibility index (Phi) is 5.83. The highest BCUT2D eigenvalue weighted by molar-refractivity contribution is 5.77.